The third-order valence-corrected chi connectivity index (χ3v) is 1.16. The fourth-order valence-corrected chi connectivity index (χ4v) is 0.724. The van der Waals surface area contributed by atoms with Crippen molar-refractivity contribution in [1.29, 1.82) is 0 Å². The van der Waals surface area contributed by atoms with Crippen LogP contribution in [0.1, 0.15) is 6.42 Å². The van der Waals surface area contributed by atoms with E-state index in [-0.39, 0.29) is 11.9 Å². The molecule has 0 aromatic carbocycles. The maximum atomic E-state index is 10.4. The Morgan fingerprint density at radius 1 is 1.78 bits per heavy atom. The molecule has 48 valence electrons. The number of nitrogens with one attached hydrogen (secondary N) is 1. The lowest BCUT2D eigenvalue weighted by Crippen LogP contribution is -2.26. The van der Waals surface area contributed by atoms with E-state index in [0.29, 0.717) is 6.42 Å². The number of carbonyl (C=O) groups excluding carboxylic acids is 2. The van der Waals surface area contributed by atoms with E-state index in [1.54, 1.807) is 6.08 Å². The van der Waals surface area contributed by atoms with E-state index in [1.165, 1.54) is 6.08 Å². The lowest BCUT2D eigenvalue weighted by atomic mass is 10.2. The summed E-state index contributed by atoms with van der Waals surface area (Å²) in [7, 11) is 0. The van der Waals surface area contributed by atoms with Gasteiger partial charge in [0.15, 0.2) is 0 Å². The van der Waals surface area contributed by atoms with Crippen LogP contribution in [-0.2, 0) is 9.59 Å². The van der Waals surface area contributed by atoms with Gasteiger partial charge in [-0.2, -0.15) is 0 Å². The molecule has 1 aliphatic heterocycles. The average molecular weight is 125 g/mol. The maximum absolute atomic E-state index is 10.4. The molecule has 1 atom stereocenters. The Kier molecular flexibility index (Phi) is 1.63. The molecule has 3 nitrogen and oxygen atoms in total. The summed E-state index contributed by atoms with van der Waals surface area (Å²) >= 11 is 0. The summed E-state index contributed by atoms with van der Waals surface area (Å²) in [6.07, 6.45) is 4.30. The van der Waals surface area contributed by atoms with Crippen LogP contribution in [0.4, 0.5) is 0 Å². The number of rotatable bonds is 2. The molecule has 1 N–H and O–H groups in total. The van der Waals surface area contributed by atoms with Gasteiger partial charge in [-0.15, -0.1) is 0 Å². The molecule has 0 bridgehead atoms. The summed E-state index contributed by atoms with van der Waals surface area (Å²) < 4.78 is 0. The van der Waals surface area contributed by atoms with Crippen LogP contribution in [0.5, 0.6) is 0 Å². The van der Waals surface area contributed by atoms with Crippen molar-refractivity contribution in [1.82, 2.24) is 5.32 Å². The van der Waals surface area contributed by atoms with Gasteiger partial charge in [-0.25, -0.2) is 0 Å². The first-order chi connectivity index (χ1) is 4.33. The van der Waals surface area contributed by atoms with Gasteiger partial charge in [0.05, 0.1) is 6.04 Å². The first kappa shape index (κ1) is 6.01. The molecule has 1 heterocycles. The van der Waals surface area contributed by atoms with Crippen molar-refractivity contribution in [3.8, 4) is 0 Å². The Morgan fingerprint density at radius 2 is 2.56 bits per heavy atom. The lowest BCUT2D eigenvalue weighted by Gasteiger charge is -2.00. The van der Waals surface area contributed by atoms with Crippen LogP contribution in [0, 0.1) is 0 Å². The second-order valence-electron chi connectivity index (χ2n) is 1.88. The molecule has 0 fully saturated rings. The van der Waals surface area contributed by atoms with Gasteiger partial charge < -0.3 is 10.1 Å². The first-order valence-electron chi connectivity index (χ1n) is 2.75. The van der Waals surface area contributed by atoms with E-state index in [2.05, 4.69) is 5.32 Å². The molecular formula is C6H7NO2. The topological polar surface area (TPSA) is 46.2 Å². The molecule has 9 heavy (non-hydrogen) atoms. The normalized spacial score (nSPS) is 24.0. The van der Waals surface area contributed by atoms with E-state index in [4.69, 9.17) is 0 Å². The average Bonchev–Trinajstić information content (AvgIpc) is 2.17. The monoisotopic (exact) mass is 125 g/mol. The fraction of sp³-hybridized carbons (Fsp3) is 0.333. The number of hydrogen-bond donors (Lipinski definition) is 1. The molecular weight excluding hydrogens is 118 g/mol. The first-order valence-corrected chi connectivity index (χ1v) is 2.75. The summed E-state index contributed by atoms with van der Waals surface area (Å²) in [5, 5.41) is 2.57. The van der Waals surface area contributed by atoms with Gasteiger partial charge in [0.2, 0.25) is 5.91 Å². The van der Waals surface area contributed by atoms with Crippen molar-refractivity contribution < 1.29 is 9.59 Å². The standard InChI is InChI=1S/C6H7NO2/c8-4-3-5-1-2-6(9)7-5/h1-2,4-5H,3H2,(H,7,9)/t5-/m1/s1. The molecule has 0 saturated carbocycles. The molecule has 0 aromatic heterocycles. The van der Waals surface area contributed by atoms with Gasteiger partial charge in [-0.3, -0.25) is 4.79 Å². The summed E-state index contributed by atoms with van der Waals surface area (Å²) in [5.74, 6) is -0.109. The van der Waals surface area contributed by atoms with Crippen molar-refractivity contribution in [2.45, 2.75) is 12.5 Å². The second kappa shape index (κ2) is 2.44. The van der Waals surface area contributed by atoms with Gasteiger partial charge in [0.1, 0.15) is 6.29 Å². The third-order valence-electron chi connectivity index (χ3n) is 1.16. The maximum Gasteiger partial charge on any atom is 0.244 e. The Hall–Kier alpha value is -1.12. The van der Waals surface area contributed by atoms with E-state index in [1.807, 2.05) is 0 Å². The Labute approximate surface area is 52.7 Å². The van der Waals surface area contributed by atoms with E-state index < -0.39 is 0 Å². The molecule has 0 aliphatic carbocycles. The number of amides is 1. The molecule has 0 aromatic rings. The van der Waals surface area contributed by atoms with Crippen LogP contribution >= 0.6 is 0 Å². The van der Waals surface area contributed by atoms with E-state index in [9.17, 15) is 9.59 Å². The summed E-state index contributed by atoms with van der Waals surface area (Å²) in [6, 6.07) is -0.0602. The van der Waals surface area contributed by atoms with Crippen molar-refractivity contribution in [2.75, 3.05) is 0 Å². The molecule has 0 radical (unpaired) electrons. The van der Waals surface area contributed by atoms with Gasteiger partial charge in [-0.1, -0.05) is 6.08 Å². The van der Waals surface area contributed by atoms with Crippen molar-refractivity contribution >= 4 is 12.2 Å². The fourth-order valence-electron chi connectivity index (χ4n) is 0.724. The minimum absolute atomic E-state index is 0.0602. The van der Waals surface area contributed by atoms with Gasteiger partial charge in [-0.05, 0) is 0 Å². The molecule has 0 spiro atoms. The molecule has 1 amide bonds. The number of hydrogen-bond acceptors (Lipinski definition) is 2. The van der Waals surface area contributed by atoms with Crippen LogP contribution in [0.15, 0.2) is 12.2 Å². The highest BCUT2D eigenvalue weighted by Gasteiger charge is 2.11. The molecule has 0 saturated heterocycles. The highest BCUT2D eigenvalue weighted by molar-refractivity contribution is 5.90. The minimum atomic E-state index is -0.109. The highest BCUT2D eigenvalue weighted by atomic mass is 16.1. The minimum Gasteiger partial charge on any atom is -0.346 e. The Bertz CT molecular complexity index is 162. The predicted molar refractivity (Wildman–Crippen MR) is 31.8 cm³/mol. The zero-order chi connectivity index (χ0) is 6.69. The van der Waals surface area contributed by atoms with Crippen molar-refractivity contribution in [3.63, 3.8) is 0 Å². The summed E-state index contributed by atoms with van der Waals surface area (Å²) in [4.78, 5) is 20.3. The van der Waals surface area contributed by atoms with E-state index >= 15 is 0 Å². The van der Waals surface area contributed by atoms with Crippen LogP contribution in [0.25, 0.3) is 0 Å². The number of carbonyl (C=O) groups is 2. The quantitative estimate of drug-likeness (QED) is 0.512. The van der Waals surface area contributed by atoms with Crippen molar-refractivity contribution in [2.24, 2.45) is 0 Å². The van der Waals surface area contributed by atoms with Crippen LogP contribution in [0.2, 0.25) is 0 Å². The van der Waals surface area contributed by atoms with Crippen molar-refractivity contribution in [3.05, 3.63) is 12.2 Å². The lowest BCUT2D eigenvalue weighted by molar-refractivity contribution is -0.116. The number of aldehydes is 1. The van der Waals surface area contributed by atoms with Crippen LogP contribution < -0.4 is 5.32 Å². The van der Waals surface area contributed by atoms with Gasteiger partial charge in [0, 0.05) is 12.5 Å². The Morgan fingerprint density at radius 3 is 3.00 bits per heavy atom. The molecule has 1 rings (SSSR count). The zero-order valence-electron chi connectivity index (χ0n) is 4.83. The SMILES string of the molecule is O=CC[C@H]1C=CC(=O)N1. The highest BCUT2D eigenvalue weighted by Crippen LogP contribution is 1.97. The molecule has 3 heteroatoms. The Balaban J connectivity index is 2.40. The molecule has 0 unspecified atom stereocenters. The smallest absolute Gasteiger partial charge is 0.244 e. The molecule has 1 aliphatic rings. The van der Waals surface area contributed by atoms with Crippen LogP contribution in [-0.4, -0.2) is 18.2 Å². The van der Waals surface area contributed by atoms with E-state index in [0.717, 1.165) is 6.29 Å². The third kappa shape index (κ3) is 1.38. The van der Waals surface area contributed by atoms with Crippen LogP contribution in [0.3, 0.4) is 0 Å². The zero-order valence-corrected chi connectivity index (χ0v) is 4.83. The summed E-state index contributed by atoms with van der Waals surface area (Å²) in [6.45, 7) is 0. The predicted octanol–water partition coefficient (Wildman–Crippen LogP) is -0.370. The van der Waals surface area contributed by atoms with Gasteiger partial charge >= 0.3 is 0 Å². The summed E-state index contributed by atoms with van der Waals surface area (Å²) in [5.41, 5.74) is 0. The van der Waals surface area contributed by atoms with Gasteiger partial charge in [0.25, 0.3) is 0 Å². The largest absolute Gasteiger partial charge is 0.346 e. The second-order valence-corrected chi connectivity index (χ2v) is 1.88.